The van der Waals surface area contributed by atoms with Crippen molar-refractivity contribution in [3.05, 3.63) is 42.5 Å². The minimum absolute atomic E-state index is 0.0211. The van der Waals surface area contributed by atoms with Crippen LogP contribution < -0.4 is 5.73 Å². The molecular weight excluding hydrogens is 214 g/mol. The number of phenols is 2. The van der Waals surface area contributed by atoms with E-state index in [1.807, 2.05) is 36.4 Å². The van der Waals surface area contributed by atoms with Crippen molar-refractivity contribution in [2.45, 2.75) is 0 Å². The summed E-state index contributed by atoms with van der Waals surface area (Å²) in [6.45, 7) is 0. The lowest BCUT2D eigenvalue weighted by Gasteiger charge is -2.08. The lowest BCUT2D eigenvalue weighted by molar-refractivity contribution is 0.460. The smallest absolute Gasteiger partial charge is 0.150 e. The molecule has 3 aromatic carbocycles. The molecule has 0 bridgehead atoms. The number of hydrogen-bond donors (Lipinski definition) is 3. The number of nitrogens with two attached hydrogens (primary N) is 1. The van der Waals surface area contributed by atoms with Crippen LogP contribution in [-0.4, -0.2) is 10.2 Å². The molecule has 0 aliphatic rings. The molecule has 0 fully saturated rings. The van der Waals surface area contributed by atoms with Gasteiger partial charge in [0.15, 0.2) is 0 Å². The average Bonchev–Trinajstić information content (AvgIpc) is 2.34. The van der Waals surface area contributed by atoms with Crippen LogP contribution in [0.2, 0.25) is 0 Å². The molecule has 3 aromatic rings. The number of fused-ring (bicyclic) bond motifs is 2. The summed E-state index contributed by atoms with van der Waals surface area (Å²) in [5.74, 6) is -0.156. The van der Waals surface area contributed by atoms with Gasteiger partial charge in [0, 0.05) is 5.39 Å². The molecule has 3 rings (SSSR count). The number of phenolic OH excluding ortho intramolecular Hbond substituents is 2. The SMILES string of the molecule is Nc1c(O)cc2cc3ccccc3cc2c1O. The van der Waals surface area contributed by atoms with Crippen molar-refractivity contribution in [2.24, 2.45) is 0 Å². The van der Waals surface area contributed by atoms with E-state index < -0.39 is 0 Å². The highest BCUT2D eigenvalue weighted by Gasteiger charge is 2.09. The molecule has 0 aromatic heterocycles. The summed E-state index contributed by atoms with van der Waals surface area (Å²) in [7, 11) is 0. The summed E-state index contributed by atoms with van der Waals surface area (Å²) in [4.78, 5) is 0. The predicted molar refractivity (Wildman–Crippen MR) is 69.2 cm³/mol. The van der Waals surface area contributed by atoms with Gasteiger partial charge in [-0.15, -0.1) is 0 Å². The van der Waals surface area contributed by atoms with Gasteiger partial charge < -0.3 is 15.9 Å². The van der Waals surface area contributed by atoms with Gasteiger partial charge in [0.2, 0.25) is 0 Å². The van der Waals surface area contributed by atoms with Crippen LogP contribution in [0.1, 0.15) is 0 Å². The third-order valence-corrected chi connectivity index (χ3v) is 3.00. The van der Waals surface area contributed by atoms with Crippen molar-refractivity contribution in [1.29, 1.82) is 0 Å². The molecule has 4 N–H and O–H groups in total. The van der Waals surface area contributed by atoms with Gasteiger partial charge in [0.1, 0.15) is 17.2 Å². The molecule has 0 radical (unpaired) electrons. The normalized spacial score (nSPS) is 11.1. The molecule has 0 unspecified atom stereocenters. The molecule has 84 valence electrons. The molecule has 17 heavy (non-hydrogen) atoms. The number of benzene rings is 3. The standard InChI is InChI=1S/C14H11NO2/c15-13-12(16)7-10-5-8-3-1-2-4-9(8)6-11(10)14(13)17/h1-7,16-17H,15H2. The molecule has 0 saturated heterocycles. The highest BCUT2D eigenvalue weighted by atomic mass is 16.3. The first-order valence-corrected chi connectivity index (χ1v) is 5.30. The third-order valence-electron chi connectivity index (χ3n) is 3.00. The molecule has 0 heterocycles. The van der Waals surface area contributed by atoms with Gasteiger partial charge in [-0.05, 0) is 34.4 Å². The highest BCUT2D eigenvalue weighted by Crippen LogP contribution is 2.39. The summed E-state index contributed by atoms with van der Waals surface area (Å²) < 4.78 is 0. The van der Waals surface area contributed by atoms with E-state index in [-0.39, 0.29) is 17.2 Å². The first-order chi connectivity index (χ1) is 8.16. The van der Waals surface area contributed by atoms with Crippen molar-refractivity contribution in [2.75, 3.05) is 5.73 Å². The van der Waals surface area contributed by atoms with Gasteiger partial charge in [-0.2, -0.15) is 0 Å². The summed E-state index contributed by atoms with van der Waals surface area (Å²) in [5.41, 5.74) is 5.61. The lowest BCUT2D eigenvalue weighted by Crippen LogP contribution is -1.88. The number of rotatable bonds is 0. The molecule has 0 aliphatic carbocycles. The second-order valence-electron chi connectivity index (χ2n) is 4.08. The van der Waals surface area contributed by atoms with E-state index in [9.17, 15) is 10.2 Å². The maximum Gasteiger partial charge on any atom is 0.150 e. The van der Waals surface area contributed by atoms with Crippen LogP contribution in [0, 0.1) is 0 Å². The van der Waals surface area contributed by atoms with Crippen LogP contribution in [0.3, 0.4) is 0 Å². The number of anilines is 1. The Balaban J connectivity index is 2.52. The van der Waals surface area contributed by atoms with E-state index in [2.05, 4.69) is 0 Å². The zero-order chi connectivity index (χ0) is 12.0. The molecule has 0 saturated carbocycles. The van der Waals surface area contributed by atoms with Crippen LogP contribution in [0.4, 0.5) is 5.69 Å². The maximum absolute atomic E-state index is 9.91. The Bertz CT molecular complexity index is 735. The van der Waals surface area contributed by atoms with E-state index >= 15 is 0 Å². The fourth-order valence-corrected chi connectivity index (χ4v) is 2.07. The molecule has 3 nitrogen and oxygen atoms in total. The Kier molecular flexibility index (Phi) is 1.89. The van der Waals surface area contributed by atoms with Gasteiger partial charge in [0.25, 0.3) is 0 Å². The highest BCUT2D eigenvalue weighted by molar-refractivity contribution is 6.03. The average molecular weight is 225 g/mol. The van der Waals surface area contributed by atoms with Gasteiger partial charge in [-0.25, -0.2) is 0 Å². The van der Waals surface area contributed by atoms with Crippen molar-refractivity contribution in [3.8, 4) is 11.5 Å². The molecule has 0 atom stereocenters. The predicted octanol–water partition coefficient (Wildman–Crippen LogP) is 2.99. The quantitative estimate of drug-likeness (QED) is 0.313. The van der Waals surface area contributed by atoms with E-state index in [4.69, 9.17) is 5.73 Å². The van der Waals surface area contributed by atoms with E-state index in [0.29, 0.717) is 5.39 Å². The Morgan fingerprint density at radius 1 is 0.824 bits per heavy atom. The van der Waals surface area contributed by atoms with Gasteiger partial charge in [-0.3, -0.25) is 0 Å². The van der Waals surface area contributed by atoms with E-state index in [1.165, 1.54) is 0 Å². The second-order valence-corrected chi connectivity index (χ2v) is 4.08. The third kappa shape index (κ3) is 1.36. The molecule has 0 amide bonds. The Morgan fingerprint density at radius 2 is 1.47 bits per heavy atom. The first-order valence-electron chi connectivity index (χ1n) is 5.30. The Morgan fingerprint density at radius 3 is 2.18 bits per heavy atom. The topological polar surface area (TPSA) is 66.5 Å². The van der Waals surface area contributed by atoms with E-state index in [0.717, 1.165) is 16.2 Å². The van der Waals surface area contributed by atoms with Gasteiger partial charge >= 0.3 is 0 Å². The summed E-state index contributed by atoms with van der Waals surface area (Å²) >= 11 is 0. The molecule has 0 spiro atoms. The summed E-state index contributed by atoms with van der Waals surface area (Å²) in [5, 5.41) is 23.0. The zero-order valence-electron chi connectivity index (χ0n) is 9.01. The number of hydrogen-bond acceptors (Lipinski definition) is 3. The fraction of sp³-hybridized carbons (Fsp3) is 0. The van der Waals surface area contributed by atoms with Gasteiger partial charge in [-0.1, -0.05) is 24.3 Å². The monoisotopic (exact) mass is 225 g/mol. The van der Waals surface area contributed by atoms with Crippen molar-refractivity contribution in [1.82, 2.24) is 0 Å². The second kappa shape index (κ2) is 3.28. The van der Waals surface area contributed by atoms with Gasteiger partial charge in [0.05, 0.1) is 0 Å². The molecule has 0 aliphatic heterocycles. The summed E-state index contributed by atoms with van der Waals surface area (Å²) in [6, 6.07) is 13.2. The van der Waals surface area contributed by atoms with Crippen molar-refractivity contribution in [3.63, 3.8) is 0 Å². The fourth-order valence-electron chi connectivity index (χ4n) is 2.07. The van der Waals surface area contributed by atoms with Crippen LogP contribution in [0.5, 0.6) is 11.5 Å². The zero-order valence-corrected chi connectivity index (χ0v) is 9.01. The molecular formula is C14H11NO2. The van der Waals surface area contributed by atoms with Crippen LogP contribution >= 0.6 is 0 Å². The van der Waals surface area contributed by atoms with Crippen molar-refractivity contribution >= 4 is 27.2 Å². The number of aromatic hydroxyl groups is 2. The van der Waals surface area contributed by atoms with Crippen LogP contribution in [-0.2, 0) is 0 Å². The first kappa shape index (κ1) is 9.78. The number of nitrogen functional groups attached to an aromatic ring is 1. The Labute approximate surface area is 97.7 Å². The minimum Gasteiger partial charge on any atom is -0.506 e. The van der Waals surface area contributed by atoms with Crippen molar-refractivity contribution < 1.29 is 10.2 Å². The minimum atomic E-state index is -0.0923. The molecule has 3 heteroatoms. The largest absolute Gasteiger partial charge is 0.506 e. The van der Waals surface area contributed by atoms with E-state index in [1.54, 1.807) is 6.07 Å². The van der Waals surface area contributed by atoms with Crippen LogP contribution in [0.15, 0.2) is 42.5 Å². The lowest BCUT2D eigenvalue weighted by atomic mass is 10.0. The Hall–Kier alpha value is -2.42. The summed E-state index contributed by atoms with van der Waals surface area (Å²) in [6.07, 6.45) is 0. The maximum atomic E-state index is 9.91. The van der Waals surface area contributed by atoms with Crippen LogP contribution in [0.25, 0.3) is 21.5 Å².